The predicted molar refractivity (Wildman–Crippen MR) is 103 cm³/mol. The molecule has 0 aliphatic heterocycles. The average Bonchev–Trinajstić information content (AvgIpc) is 2.68. The van der Waals surface area contributed by atoms with Gasteiger partial charge in [-0.2, -0.15) is 0 Å². The van der Waals surface area contributed by atoms with Gasteiger partial charge in [0.1, 0.15) is 5.75 Å². The van der Waals surface area contributed by atoms with E-state index in [1.807, 2.05) is 30.3 Å². The van der Waals surface area contributed by atoms with Gasteiger partial charge < -0.3 is 20.0 Å². The molecule has 0 unspecified atom stereocenters. The maximum atomic E-state index is 12.3. The second-order valence-electron chi connectivity index (χ2n) is 5.82. The highest BCUT2D eigenvalue weighted by Gasteiger charge is 2.08. The fraction of sp³-hybridized carbons (Fsp3) is 0.182. The number of amides is 1. The van der Waals surface area contributed by atoms with Crippen LogP contribution in [0.1, 0.15) is 35.7 Å². The van der Waals surface area contributed by atoms with Crippen molar-refractivity contribution in [2.45, 2.75) is 19.8 Å². The van der Waals surface area contributed by atoms with Crippen LogP contribution in [0, 0.1) is 0 Å². The Bertz CT molecular complexity index is 808. The number of hydrogen-bond acceptors (Lipinski definition) is 4. The Balaban J connectivity index is 2.00. The highest BCUT2D eigenvalue weighted by molar-refractivity contribution is 6.00. The van der Waals surface area contributed by atoms with Crippen molar-refractivity contribution in [2.75, 3.05) is 6.61 Å². The zero-order valence-corrected chi connectivity index (χ0v) is 15.2. The first kappa shape index (κ1) is 20.0. The van der Waals surface area contributed by atoms with Crippen LogP contribution in [0.25, 0.3) is 6.08 Å². The number of nitrogens with one attached hydrogen (secondary N) is 1. The van der Waals surface area contributed by atoms with Crippen molar-refractivity contribution in [1.29, 1.82) is 0 Å². The summed E-state index contributed by atoms with van der Waals surface area (Å²) in [5.41, 5.74) is 0.934. The topological polar surface area (TPSA) is 78.5 Å². The molecule has 0 bridgehead atoms. The number of benzene rings is 2. The summed E-state index contributed by atoms with van der Waals surface area (Å²) >= 11 is 0. The van der Waals surface area contributed by atoms with Crippen LogP contribution in [0.3, 0.4) is 0 Å². The highest BCUT2D eigenvalue weighted by Crippen LogP contribution is 2.13. The van der Waals surface area contributed by atoms with E-state index in [9.17, 15) is 14.7 Å². The summed E-state index contributed by atoms with van der Waals surface area (Å²) in [6, 6.07) is 15.9. The van der Waals surface area contributed by atoms with Crippen molar-refractivity contribution in [3.05, 3.63) is 83.6 Å². The molecule has 2 aromatic rings. The van der Waals surface area contributed by atoms with Crippen molar-refractivity contribution in [2.24, 2.45) is 0 Å². The second kappa shape index (κ2) is 10.6. The normalized spacial score (nSPS) is 11.4. The van der Waals surface area contributed by atoms with E-state index in [0.29, 0.717) is 17.9 Å². The SMILES string of the molecule is CCCCOc1ccc(C(=O)N/C(=C/C=C/c2ccccc2)C(=O)[O-])cc1. The summed E-state index contributed by atoms with van der Waals surface area (Å²) in [4.78, 5) is 23.5. The van der Waals surface area contributed by atoms with E-state index in [0.717, 1.165) is 18.4 Å². The molecule has 0 saturated heterocycles. The zero-order valence-electron chi connectivity index (χ0n) is 15.2. The van der Waals surface area contributed by atoms with Gasteiger partial charge in [0.15, 0.2) is 0 Å². The molecule has 140 valence electrons. The minimum absolute atomic E-state index is 0.310. The number of carboxylic acids is 1. The summed E-state index contributed by atoms with van der Waals surface area (Å²) in [6.07, 6.45) is 6.57. The molecule has 0 saturated carbocycles. The van der Waals surface area contributed by atoms with Gasteiger partial charge in [-0.05, 0) is 42.3 Å². The number of carboxylic acid groups (broad SMARTS) is 1. The van der Waals surface area contributed by atoms with Gasteiger partial charge >= 0.3 is 0 Å². The van der Waals surface area contributed by atoms with Crippen LogP contribution in [0.4, 0.5) is 0 Å². The molecular weight excluding hydrogens is 342 g/mol. The van der Waals surface area contributed by atoms with E-state index in [2.05, 4.69) is 12.2 Å². The number of carbonyl (C=O) groups excluding carboxylic acids is 2. The lowest BCUT2D eigenvalue weighted by Crippen LogP contribution is -2.35. The minimum Gasteiger partial charge on any atom is -0.543 e. The van der Waals surface area contributed by atoms with Gasteiger partial charge in [0.2, 0.25) is 0 Å². The van der Waals surface area contributed by atoms with Crippen molar-refractivity contribution in [3.8, 4) is 5.75 Å². The van der Waals surface area contributed by atoms with Gasteiger partial charge in [0.05, 0.1) is 18.3 Å². The van der Waals surface area contributed by atoms with Crippen molar-refractivity contribution >= 4 is 18.0 Å². The molecule has 5 heteroatoms. The summed E-state index contributed by atoms with van der Waals surface area (Å²) in [7, 11) is 0. The van der Waals surface area contributed by atoms with Crippen LogP contribution >= 0.6 is 0 Å². The first-order valence-corrected chi connectivity index (χ1v) is 8.79. The van der Waals surface area contributed by atoms with E-state index >= 15 is 0 Å². The van der Waals surface area contributed by atoms with Gasteiger partial charge in [-0.1, -0.05) is 55.8 Å². The number of unbranched alkanes of at least 4 members (excludes halogenated alkanes) is 1. The van der Waals surface area contributed by atoms with Crippen molar-refractivity contribution < 1.29 is 19.4 Å². The molecule has 0 spiro atoms. The maximum Gasteiger partial charge on any atom is 0.255 e. The molecule has 0 fully saturated rings. The van der Waals surface area contributed by atoms with Gasteiger partial charge in [-0.3, -0.25) is 4.79 Å². The van der Waals surface area contributed by atoms with Gasteiger partial charge in [-0.25, -0.2) is 0 Å². The number of rotatable bonds is 9. The molecule has 2 rings (SSSR count). The van der Waals surface area contributed by atoms with Gasteiger partial charge in [-0.15, -0.1) is 0 Å². The summed E-state index contributed by atoms with van der Waals surface area (Å²) < 4.78 is 5.54. The van der Waals surface area contributed by atoms with E-state index < -0.39 is 11.9 Å². The molecule has 0 aliphatic rings. The van der Waals surface area contributed by atoms with E-state index in [1.54, 1.807) is 36.4 Å². The van der Waals surface area contributed by atoms with Crippen LogP contribution < -0.4 is 15.2 Å². The molecule has 0 aliphatic carbocycles. The summed E-state index contributed by atoms with van der Waals surface area (Å²) in [5, 5.41) is 13.6. The average molecular weight is 364 g/mol. The molecule has 0 heterocycles. The fourth-order valence-corrected chi connectivity index (χ4v) is 2.21. The third-order valence-corrected chi connectivity index (χ3v) is 3.70. The van der Waals surface area contributed by atoms with Gasteiger partial charge in [0.25, 0.3) is 5.91 Å². The Morgan fingerprint density at radius 1 is 1.07 bits per heavy atom. The van der Waals surface area contributed by atoms with Crippen molar-refractivity contribution in [3.63, 3.8) is 0 Å². The molecular formula is C22H22NO4-. The molecule has 1 N–H and O–H groups in total. The molecule has 0 radical (unpaired) electrons. The third-order valence-electron chi connectivity index (χ3n) is 3.70. The van der Waals surface area contributed by atoms with Crippen LogP contribution in [-0.2, 0) is 4.79 Å². The lowest BCUT2D eigenvalue weighted by Gasteiger charge is -2.11. The maximum absolute atomic E-state index is 12.3. The lowest BCUT2D eigenvalue weighted by atomic mass is 10.2. The quantitative estimate of drug-likeness (QED) is 0.422. The Hall–Kier alpha value is -3.34. The first-order chi connectivity index (χ1) is 13.1. The summed E-state index contributed by atoms with van der Waals surface area (Å²) in [5.74, 6) is -1.32. The van der Waals surface area contributed by atoms with E-state index in [4.69, 9.17) is 4.74 Å². The largest absolute Gasteiger partial charge is 0.543 e. The Kier molecular flexibility index (Phi) is 7.85. The smallest absolute Gasteiger partial charge is 0.255 e. The first-order valence-electron chi connectivity index (χ1n) is 8.79. The van der Waals surface area contributed by atoms with Crippen LogP contribution in [0.15, 0.2) is 72.4 Å². The molecule has 27 heavy (non-hydrogen) atoms. The molecule has 1 amide bonds. The molecule has 0 atom stereocenters. The van der Waals surface area contributed by atoms with Crippen LogP contribution in [0.2, 0.25) is 0 Å². The predicted octanol–water partition coefficient (Wildman–Crippen LogP) is 2.94. The molecule has 5 nitrogen and oxygen atoms in total. The van der Waals surface area contributed by atoms with E-state index in [-0.39, 0.29) is 5.70 Å². The second-order valence-corrected chi connectivity index (χ2v) is 5.82. The van der Waals surface area contributed by atoms with Crippen LogP contribution in [-0.4, -0.2) is 18.5 Å². The highest BCUT2D eigenvalue weighted by atomic mass is 16.5. The minimum atomic E-state index is -1.46. The monoisotopic (exact) mass is 364 g/mol. The third kappa shape index (κ3) is 6.82. The Morgan fingerprint density at radius 2 is 1.78 bits per heavy atom. The van der Waals surface area contributed by atoms with Gasteiger partial charge in [0, 0.05) is 5.56 Å². The number of carbonyl (C=O) groups is 2. The number of hydrogen-bond donors (Lipinski definition) is 1. The lowest BCUT2D eigenvalue weighted by molar-refractivity contribution is -0.299. The molecule has 0 aromatic heterocycles. The molecule has 2 aromatic carbocycles. The number of ether oxygens (including phenoxy) is 1. The number of allylic oxidation sites excluding steroid dienone is 2. The number of aliphatic carboxylic acids is 1. The van der Waals surface area contributed by atoms with E-state index in [1.165, 1.54) is 6.08 Å². The Morgan fingerprint density at radius 3 is 2.41 bits per heavy atom. The standard InChI is InChI=1S/C22H23NO4/c1-2-3-16-27-19-14-12-18(13-15-19)21(24)23-20(22(25)26)11-7-10-17-8-5-4-6-9-17/h4-15H,2-3,16H2,1H3,(H,23,24)(H,25,26)/p-1/b10-7+,20-11+. The fourth-order valence-electron chi connectivity index (χ4n) is 2.21. The Labute approximate surface area is 159 Å². The zero-order chi connectivity index (χ0) is 19.5. The summed E-state index contributed by atoms with van der Waals surface area (Å²) in [6.45, 7) is 2.70. The van der Waals surface area contributed by atoms with Crippen molar-refractivity contribution in [1.82, 2.24) is 5.32 Å². The van der Waals surface area contributed by atoms with Crippen LogP contribution in [0.5, 0.6) is 5.75 Å².